The largest absolute Gasteiger partial charge is 0.355 e. The number of fused-ring (bicyclic) bond motifs is 1. The van der Waals surface area contributed by atoms with Crippen LogP contribution in [0.5, 0.6) is 0 Å². The molecule has 1 heterocycles. The number of hydrogen-bond acceptors (Lipinski definition) is 3. The monoisotopic (exact) mass is 262 g/mol. The van der Waals surface area contributed by atoms with Gasteiger partial charge in [0.15, 0.2) is 5.78 Å². The maximum atomic E-state index is 11.9. The molecule has 1 amide bonds. The van der Waals surface area contributed by atoms with Crippen LogP contribution in [0.1, 0.15) is 42.2 Å². The molecular formula is C14H18N2O3. The molecule has 0 bridgehead atoms. The number of amides is 1. The van der Waals surface area contributed by atoms with Crippen molar-refractivity contribution in [3.8, 4) is 0 Å². The van der Waals surface area contributed by atoms with Crippen molar-refractivity contribution in [2.75, 3.05) is 6.54 Å². The van der Waals surface area contributed by atoms with Crippen LogP contribution in [-0.2, 0) is 17.8 Å². The fraction of sp³-hybridized carbons (Fsp3) is 0.500. The van der Waals surface area contributed by atoms with E-state index in [2.05, 4.69) is 5.32 Å². The van der Waals surface area contributed by atoms with Gasteiger partial charge in [-0.2, -0.15) is 0 Å². The van der Waals surface area contributed by atoms with E-state index in [0.29, 0.717) is 30.6 Å². The fourth-order valence-electron chi connectivity index (χ4n) is 2.33. The zero-order valence-corrected chi connectivity index (χ0v) is 11.1. The quantitative estimate of drug-likeness (QED) is 0.876. The van der Waals surface area contributed by atoms with E-state index in [1.807, 2.05) is 6.92 Å². The van der Waals surface area contributed by atoms with Crippen molar-refractivity contribution in [2.24, 2.45) is 0 Å². The molecule has 19 heavy (non-hydrogen) atoms. The highest BCUT2D eigenvalue weighted by molar-refractivity contribution is 5.98. The lowest BCUT2D eigenvalue weighted by Gasteiger charge is -2.19. The van der Waals surface area contributed by atoms with Gasteiger partial charge in [-0.05, 0) is 25.3 Å². The van der Waals surface area contributed by atoms with E-state index in [0.717, 1.165) is 12.8 Å². The minimum absolute atomic E-state index is 0.00468. The van der Waals surface area contributed by atoms with Crippen molar-refractivity contribution in [1.82, 2.24) is 9.88 Å². The van der Waals surface area contributed by atoms with Crippen LogP contribution in [-0.4, -0.2) is 22.8 Å². The molecule has 0 atom stereocenters. The normalized spacial score (nSPS) is 14.1. The van der Waals surface area contributed by atoms with Crippen molar-refractivity contribution >= 4 is 11.7 Å². The van der Waals surface area contributed by atoms with Gasteiger partial charge < -0.3 is 9.88 Å². The molecule has 5 heteroatoms. The third kappa shape index (κ3) is 2.92. The summed E-state index contributed by atoms with van der Waals surface area (Å²) in [5.74, 6) is -0.126. The Morgan fingerprint density at radius 2 is 2.11 bits per heavy atom. The third-order valence-electron chi connectivity index (χ3n) is 3.29. The number of hydrogen-bond donors (Lipinski definition) is 1. The molecule has 102 valence electrons. The Balaban J connectivity index is 2.29. The highest BCUT2D eigenvalue weighted by Crippen LogP contribution is 2.19. The lowest BCUT2D eigenvalue weighted by Crippen LogP contribution is -2.35. The Kier molecular flexibility index (Phi) is 4.14. The zero-order valence-electron chi connectivity index (χ0n) is 11.1. The molecule has 1 aromatic rings. The first-order valence-corrected chi connectivity index (χ1v) is 6.66. The van der Waals surface area contributed by atoms with Crippen molar-refractivity contribution < 1.29 is 9.59 Å². The predicted octanol–water partition coefficient (Wildman–Crippen LogP) is 0.893. The third-order valence-corrected chi connectivity index (χ3v) is 3.29. The maximum absolute atomic E-state index is 11.9. The smallest absolute Gasteiger partial charge is 0.251 e. The van der Waals surface area contributed by atoms with Crippen molar-refractivity contribution in [2.45, 2.75) is 39.2 Å². The number of aromatic nitrogens is 1. The molecule has 0 aromatic carbocycles. The van der Waals surface area contributed by atoms with Crippen LogP contribution < -0.4 is 10.9 Å². The highest BCUT2D eigenvalue weighted by Gasteiger charge is 2.21. The van der Waals surface area contributed by atoms with Gasteiger partial charge in [-0.25, -0.2) is 0 Å². The number of pyridine rings is 1. The first kappa shape index (κ1) is 13.5. The van der Waals surface area contributed by atoms with Gasteiger partial charge in [-0.3, -0.25) is 14.4 Å². The molecule has 2 rings (SSSR count). The standard InChI is InChI=1S/C14H18N2O3/c1-2-8-15-13(18)9-16-11-4-3-5-12(17)10(11)6-7-14(16)19/h6-7H,2-5,8-9H2,1H3,(H,15,18). The predicted molar refractivity (Wildman–Crippen MR) is 71.3 cm³/mol. The molecule has 1 aliphatic carbocycles. The number of carbonyl (C=O) groups is 2. The maximum Gasteiger partial charge on any atom is 0.251 e. The lowest BCUT2D eigenvalue weighted by molar-refractivity contribution is -0.121. The second kappa shape index (κ2) is 5.82. The van der Waals surface area contributed by atoms with Crippen LogP contribution in [0.4, 0.5) is 0 Å². The molecule has 0 radical (unpaired) electrons. The van der Waals surface area contributed by atoms with Crippen LogP contribution in [0.15, 0.2) is 16.9 Å². The molecule has 0 saturated carbocycles. The van der Waals surface area contributed by atoms with E-state index in [4.69, 9.17) is 0 Å². The summed E-state index contributed by atoms with van der Waals surface area (Å²) in [6.07, 6.45) is 2.79. The molecule has 0 fully saturated rings. The number of Topliss-reactive ketones (excluding diaryl/α,β-unsaturated/α-hetero) is 1. The van der Waals surface area contributed by atoms with Gasteiger partial charge in [0.1, 0.15) is 6.54 Å². The Morgan fingerprint density at radius 3 is 2.84 bits per heavy atom. The minimum Gasteiger partial charge on any atom is -0.355 e. The first-order chi connectivity index (χ1) is 9.13. The average molecular weight is 262 g/mol. The van der Waals surface area contributed by atoms with Crippen LogP contribution in [0.2, 0.25) is 0 Å². The zero-order chi connectivity index (χ0) is 13.8. The minimum atomic E-state index is -0.222. The molecular weight excluding hydrogens is 244 g/mol. The molecule has 0 aliphatic heterocycles. The Hall–Kier alpha value is -1.91. The molecule has 1 aliphatic rings. The summed E-state index contributed by atoms with van der Waals surface area (Å²) >= 11 is 0. The summed E-state index contributed by atoms with van der Waals surface area (Å²) in [6.45, 7) is 2.56. The molecule has 1 aromatic heterocycles. The number of carbonyl (C=O) groups excluding carboxylic acids is 2. The number of nitrogens with zero attached hydrogens (tertiary/aromatic N) is 1. The highest BCUT2D eigenvalue weighted by atomic mass is 16.2. The van der Waals surface area contributed by atoms with E-state index in [1.165, 1.54) is 10.6 Å². The van der Waals surface area contributed by atoms with Gasteiger partial charge in [0.05, 0.1) is 0 Å². The molecule has 0 saturated heterocycles. The second-order valence-corrected chi connectivity index (χ2v) is 4.74. The van der Waals surface area contributed by atoms with Crippen LogP contribution in [0, 0.1) is 0 Å². The van der Waals surface area contributed by atoms with Crippen molar-refractivity contribution in [3.63, 3.8) is 0 Å². The van der Waals surface area contributed by atoms with E-state index >= 15 is 0 Å². The van der Waals surface area contributed by atoms with Gasteiger partial charge >= 0.3 is 0 Å². The topological polar surface area (TPSA) is 68.2 Å². The van der Waals surface area contributed by atoms with Crippen LogP contribution >= 0.6 is 0 Å². The number of rotatable bonds is 4. The fourth-order valence-corrected chi connectivity index (χ4v) is 2.33. The second-order valence-electron chi connectivity index (χ2n) is 4.74. The van der Waals surface area contributed by atoms with Crippen LogP contribution in [0.3, 0.4) is 0 Å². The Bertz CT molecular complexity index is 560. The van der Waals surface area contributed by atoms with Gasteiger partial charge in [-0.15, -0.1) is 0 Å². The number of nitrogens with one attached hydrogen (secondary N) is 1. The summed E-state index contributed by atoms with van der Waals surface area (Å²) in [5, 5.41) is 2.74. The molecule has 5 nitrogen and oxygen atoms in total. The Morgan fingerprint density at radius 1 is 1.32 bits per heavy atom. The summed E-state index contributed by atoms with van der Waals surface area (Å²) in [5.41, 5.74) is 1.07. The van der Waals surface area contributed by atoms with Crippen LogP contribution in [0.25, 0.3) is 0 Å². The van der Waals surface area contributed by atoms with E-state index in [9.17, 15) is 14.4 Å². The average Bonchev–Trinajstić information content (AvgIpc) is 2.40. The molecule has 1 N–H and O–H groups in total. The SMILES string of the molecule is CCCNC(=O)Cn1c2c(ccc1=O)C(=O)CCC2. The van der Waals surface area contributed by atoms with Crippen molar-refractivity contribution in [3.05, 3.63) is 33.7 Å². The summed E-state index contributed by atoms with van der Waals surface area (Å²) in [4.78, 5) is 35.4. The van der Waals surface area contributed by atoms with Gasteiger partial charge in [0.25, 0.3) is 5.56 Å². The first-order valence-electron chi connectivity index (χ1n) is 6.66. The van der Waals surface area contributed by atoms with Gasteiger partial charge in [0, 0.05) is 30.3 Å². The Labute approximate surface area is 111 Å². The summed E-state index contributed by atoms with van der Waals surface area (Å²) < 4.78 is 1.43. The molecule has 0 unspecified atom stereocenters. The number of ketones is 1. The summed E-state index contributed by atoms with van der Waals surface area (Å²) in [7, 11) is 0. The van der Waals surface area contributed by atoms with E-state index in [-0.39, 0.29) is 23.8 Å². The van der Waals surface area contributed by atoms with Gasteiger partial charge in [0.2, 0.25) is 5.91 Å². The van der Waals surface area contributed by atoms with E-state index < -0.39 is 0 Å². The van der Waals surface area contributed by atoms with Gasteiger partial charge in [-0.1, -0.05) is 6.92 Å². The van der Waals surface area contributed by atoms with E-state index in [1.54, 1.807) is 6.07 Å². The summed E-state index contributed by atoms with van der Waals surface area (Å²) in [6, 6.07) is 2.95. The van der Waals surface area contributed by atoms with Crippen molar-refractivity contribution in [1.29, 1.82) is 0 Å². The lowest BCUT2D eigenvalue weighted by atomic mass is 9.94. The molecule has 0 spiro atoms.